The Labute approximate surface area is 185 Å². The Balaban J connectivity index is 3.33. The molecule has 1 aromatic rings. The fourth-order valence-electron chi connectivity index (χ4n) is 4.02. The Bertz CT molecular complexity index is 502. The lowest BCUT2D eigenvalue weighted by molar-refractivity contribution is -0.451. The van der Waals surface area contributed by atoms with Gasteiger partial charge in [-0.1, -0.05) is 82.7 Å². The smallest absolute Gasteiger partial charge is 0.318 e. The van der Waals surface area contributed by atoms with Crippen molar-refractivity contribution in [3.8, 4) is 0 Å². The summed E-state index contributed by atoms with van der Waals surface area (Å²) in [5.74, 6) is -1.26. The summed E-state index contributed by atoms with van der Waals surface area (Å²) in [7, 11) is 0. The number of hydrogen-bond donors (Lipinski definition) is 0. The standard InChI is InChI=1S/C26H46O4/c1-6-11-13-14-15-19-22-25(30-23-12-7-2,24-20-17-16-18-21-24)26(27-8-3,28-9-4)29-10-5/h16-18,20-21H,6-15,19,22-23H2,1-5H3. The molecule has 0 aliphatic carbocycles. The van der Waals surface area contributed by atoms with E-state index in [1.807, 2.05) is 26.8 Å². The number of ether oxygens (including phenoxy) is 4. The van der Waals surface area contributed by atoms with Crippen LogP contribution in [0.4, 0.5) is 0 Å². The van der Waals surface area contributed by atoms with E-state index < -0.39 is 11.6 Å². The first-order valence-electron chi connectivity index (χ1n) is 12.3. The Kier molecular flexibility index (Phi) is 14.3. The molecule has 0 radical (unpaired) electrons. The van der Waals surface area contributed by atoms with Gasteiger partial charge in [0.05, 0.1) is 0 Å². The molecule has 1 aromatic carbocycles. The van der Waals surface area contributed by atoms with E-state index in [9.17, 15) is 0 Å². The quantitative estimate of drug-likeness (QED) is 0.174. The van der Waals surface area contributed by atoms with Crippen LogP contribution < -0.4 is 0 Å². The van der Waals surface area contributed by atoms with Gasteiger partial charge in [-0.3, -0.25) is 0 Å². The monoisotopic (exact) mass is 422 g/mol. The molecular weight excluding hydrogens is 376 g/mol. The highest BCUT2D eigenvalue weighted by Crippen LogP contribution is 2.46. The normalized spacial score (nSPS) is 14.0. The van der Waals surface area contributed by atoms with Crippen LogP contribution in [0, 0.1) is 0 Å². The average molecular weight is 423 g/mol. The van der Waals surface area contributed by atoms with Crippen molar-refractivity contribution in [2.75, 3.05) is 26.4 Å². The first-order valence-corrected chi connectivity index (χ1v) is 12.3. The highest BCUT2D eigenvalue weighted by atomic mass is 16.9. The molecule has 0 fully saturated rings. The van der Waals surface area contributed by atoms with Crippen LogP contribution in [0.3, 0.4) is 0 Å². The molecule has 0 amide bonds. The summed E-state index contributed by atoms with van der Waals surface area (Å²) in [5.41, 5.74) is 0.251. The van der Waals surface area contributed by atoms with Crippen molar-refractivity contribution < 1.29 is 18.9 Å². The Morgan fingerprint density at radius 1 is 0.600 bits per heavy atom. The van der Waals surface area contributed by atoms with E-state index in [2.05, 4.69) is 38.1 Å². The van der Waals surface area contributed by atoms with E-state index in [1.54, 1.807) is 0 Å². The molecule has 30 heavy (non-hydrogen) atoms. The van der Waals surface area contributed by atoms with Crippen LogP contribution in [0.15, 0.2) is 30.3 Å². The molecule has 0 saturated heterocycles. The van der Waals surface area contributed by atoms with Crippen molar-refractivity contribution in [3.63, 3.8) is 0 Å². The van der Waals surface area contributed by atoms with Gasteiger partial charge >= 0.3 is 5.97 Å². The van der Waals surface area contributed by atoms with Crippen molar-refractivity contribution >= 4 is 0 Å². The molecule has 0 aliphatic heterocycles. The molecule has 0 spiro atoms. The van der Waals surface area contributed by atoms with Gasteiger partial charge in [-0.05, 0) is 45.6 Å². The van der Waals surface area contributed by atoms with Crippen molar-refractivity contribution in [1.82, 2.24) is 0 Å². The third-order valence-electron chi connectivity index (χ3n) is 5.47. The van der Waals surface area contributed by atoms with E-state index >= 15 is 0 Å². The Morgan fingerprint density at radius 2 is 1.13 bits per heavy atom. The van der Waals surface area contributed by atoms with E-state index in [4.69, 9.17) is 18.9 Å². The first kappa shape index (κ1) is 27.1. The molecule has 4 nitrogen and oxygen atoms in total. The summed E-state index contributed by atoms with van der Waals surface area (Å²) in [5, 5.41) is 0. The lowest BCUT2D eigenvalue weighted by Gasteiger charge is -2.48. The fraction of sp³-hybridized carbons (Fsp3) is 0.769. The largest absolute Gasteiger partial charge is 0.362 e. The van der Waals surface area contributed by atoms with E-state index in [-0.39, 0.29) is 0 Å². The van der Waals surface area contributed by atoms with Gasteiger partial charge in [0, 0.05) is 26.4 Å². The highest BCUT2D eigenvalue weighted by molar-refractivity contribution is 5.25. The summed E-state index contributed by atoms with van der Waals surface area (Å²) < 4.78 is 25.6. The molecule has 0 aromatic heterocycles. The molecule has 0 aliphatic rings. The highest BCUT2D eigenvalue weighted by Gasteiger charge is 2.57. The van der Waals surface area contributed by atoms with Crippen LogP contribution in [0.5, 0.6) is 0 Å². The van der Waals surface area contributed by atoms with Crippen molar-refractivity contribution in [1.29, 1.82) is 0 Å². The van der Waals surface area contributed by atoms with E-state index in [0.717, 1.165) is 31.2 Å². The van der Waals surface area contributed by atoms with Gasteiger partial charge in [-0.25, -0.2) is 0 Å². The first-order chi connectivity index (χ1) is 14.7. The lowest BCUT2D eigenvalue weighted by Crippen LogP contribution is -2.59. The van der Waals surface area contributed by atoms with Crippen LogP contribution in [-0.2, 0) is 24.5 Å². The minimum atomic E-state index is -1.26. The number of hydrogen-bond acceptors (Lipinski definition) is 4. The third-order valence-corrected chi connectivity index (χ3v) is 5.47. The zero-order valence-electron chi connectivity index (χ0n) is 20.2. The number of benzene rings is 1. The molecule has 4 heteroatoms. The second kappa shape index (κ2) is 15.8. The van der Waals surface area contributed by atoms with Crippen molar-refractivity contribution in [3.05, 3.63) is 35.9 Å². The summed E-state index contributed by atoms with van der Waals surface area (Å²) in [6, 6.07) is 10.4. The second-order valence-electron chi connectivity index (χ2n) is 7.77. The van der Waals surface area contributed by atoms with Gasteiger partial charge < -0.3 is 18.9 Å². The molecule has 0 heterocycles. The van der Waals surface area contributed by atoms with E-state index in [0.29, 0.717) is 26.4 Å². The second-order valence-corrected chi connectivity index (χ2v) is 7.77. The Morgan fingerprint density at radius 3 is 1.67 bits per heavy atom. The lowest BCUT2D eigenvalue weighted by atomic mass is 9.84. The van der Waals surface area contributed by atoms with Crippen molar-refractivity contribution in [2.45, 2.75) is 104 Å². The molecular formula is C26H46O4. The maximum absolute atomic E-state index is 6.73. The summed E-state index contributed by atoms with van der Waals surface area (Å²) in [6.45, 7) is 12.5. The molecule has 0 bridgehead atoms. The minimum Gasteiger partial charge on any atom is -0.362 e. The molecule has 0 saturated carbocycles. The molecule has 174 valence electrons. The molecule has 1 unspecified atom stereocenters. The van der Waals surface area contributed by atoms with Gasteiger partial charge in [0.15, 0.2) is 5.60 Å². The molecule has 1 rings (SSSR count). The maximum Gasteiger partial charge on any atom is 0.318 e. The number of unbranched alkanes of at least 4 members (excludes halogenated alkanes) is 6. The Hall–Kier alpha value is -0.940. The predicted molar refractivity (Wildman–Crippen MR) is 125 cm³/mol. The third kappa shape index (κ3) is 7.64. The van der Waals surface area contributed by atoms with Gasteiger partial charge in [0.2, 0.25) is 0 Å². The van der Waals surface area contributed by atoms with Gasteiger partial charge in [-0.2, -0.15) is 0 Å². The van der Waals surface area contributed by atoms with E-state index in [1.165, 1.54) is 32.1 Å². The van der Waals surface area contributed by atoms with Gasteiger partial charge in [0.25, 0.3) is 0 Å². The summed E-state index contributed by atoms with van der Waals surface area (Å²) in [6.07, 6.45) is 10.2. The van der Waals surface area contributed by atoms with Crippen LogP contribution in [-0.4, -0.2) is 32.4 Å². The fourth-order valence-corrected chi connectivity index (χ4v) is 4.02. The SMILES string of the molecule is CCCCCCCCC(OCCCC)(c1ccccc1)C(OCC)(OCC)OCC. The summed E-state index contributed by atoms with van der Waals surface area (Å²) in [4.78, 5) is 0. The molecule has 1 atom stereocenters. The van der Waals surface area contributed by atoms with Gasteiger partial charge in [-0.15, -0.1) is 0 Å². The number of rotatable bonds is 19. The average Bonchev–Trinajstić information content (AvgIpc) is 2.76. The zero-order chi connectivity index (χ0) is 22.1. The summed E-state index contributed by atoms with van der Waals surface area (Å²) >= 11 is 0. The predicted octanol–water partition coefficient (Wildman–Crippen LogP) is 7.21. The van der Waals surface area contributed by atoms with Crippen LogP contribution in [0.1, 0.15) is 98.0 Å². The van der Waals surface area contributed by atoms with Gasteiger partial charge in [0.1, 0.15) is 0 Å². The molecule has 0 N–H and O–H groups in total. The van der Waals surface area contributed by atoms with Crippen LogP contribution in [0.25, 0.3) is 0 Å². The minimum absolute atomic E-state index is 0.488. The van der Waals surface area contributed by atoms with Crippen LogP contribution in [0.2, 0.25) is 0 Å². The topological polar surface area (TPSA) is 36.9 Å². The van der Waals surface area contributed by atoms with Crippen molar-refractivity contribution in [2.24, 2.45) is 0 Å². The zero-order valence-corrected chi connectivity index (χ0v) is 20.2. The van der Waals surface area contributed by atoms with Crippen LogP contribution >= 0.6 is 0 Å². The maximum atomic E-state index is 6.73.